The van der Waals surface area contributed by atoms with E-state index >= 15 is 0 Å². The molecular formula is C16H19F2NO2. The Balaban J connectivity index is 1.64. The summed E-state index contributed by atoms with van der Waals surface area (Å²) in [4.78, 5) is 12.1. The molecule has 0 aromatic heterocycles. The minimum Gasteiger partial charge on any atom is -0.373 e. The molecule has 3 nitrogen and oxygen atoms in total. The third-order valence-corrected chi connectivity index (χ3v) is 4.48. The molecule has 5 heteroatoms. The summed E-state index contributed by atoms with van der Waals surface area (Å²) < 4.78 is 32.6. The molecule has 0 radical (unpaired) electrons. The minimum atomic E-state index is -0.708. The zero-order valence-corrected chi connectivity index (χ0v) is 11.8. The predicted octanol–water partition coefficient (Wildman–Crippen LogP) is 3.19. The molecule has 1 aliphatic carbocycles. The van der Waals surface area contributed by atoms with Crippen LogP contribution in [0.2, 0.25) is 0 Å². The number of hydrogen-bond donors (Lipinski definition) is 1. The van der Waals surface area contributed by atoms with Crippen molar-refractivity contribution in [1.29, 1.82) is 0 Å². The van der Waals surface area contributed by atoms with Gasteiger partial charge < -0.3 is 10.1 Å². The molecular weight excluding hydrogens is 276 g/mol. The Bertz CT molecular complexity index is 541. The van der Waals surface area contributed by atoms with Crippen molar-refractivity contribution in [3.8, 4) is 0 Å². The Hall–Kier alpha value is -1.49. The maximum Gasteiger partial charge on any atom is 0.254 e. The second-order valence-corrected chi connectivity index (χ2v) is 6.05. The van der Waals surface area contributed by atoms with Crippen molar-refractivity contribution in [2.24, 2.45) is 0 Å². The molecule has 1 aliphatic heterocycles. The number of carbonyl (C=O) groups excluding carboxylic acids is 1. The van der Waals surface area contributed by atoms with E-state index in [1.54, 1.807) is 0 Å². The van der Waals surface area contributed by atoms with E-state index in [9.17, 15) is 13.6 Å². The van der Waals surface area contributed by atoms with Gasteiger partial charge in [-0.2, -0.15) is 0 Å². The number of hydrogen-bond acceptors (Lipinski definition) is 2. The highest BCUT2D eigenvalue weighted by Crippen LogP contribution is 2.39. The standard InChI is InChI=1S/C16H19F2NO2/c17-11-4-5-14(18)13(8-11)15(20)19-12-9-16(21-10-12)6-2-1-3-7-16/h4-5,8,12H,1-3,6-7,9-10H2,(H,19,20). The SMILES string of the molecule is O=C(NC1COC2(CCCCC2)C1)c1cc(F)ccc1F. The molecule has 114 valence electrons. The molecule has 21 heavy (non-hydrogen) atoms. The van der Waals surface area contributed by atoms with Crippen LogP contribution in [0.25, 0.3) is 0 Å². The number of benzene rings is 1. The van der Waals surface area contributed by atoms with Crippen LogP contribution in [0.5, 0.6) is 0 Å². The lowest BCUT2D eigenvalue weighted by Gasteiger charge is -2.32. The molecule has 1 heterocycles. The van der Waals surface area contributed by atoms with Gasteiger partial charge in [0.1, 0.15) is 11.6 Å². The fourth-order valence-electron chi connectivity index (χ4n) is 3.42. The van der Waals surface area contributed by atoms with Crippen LogP contribution in [0.3, 0.4) is 0 Å². The molecule has 0 bridgehead atoms. The molecule has 1 spiro atoms. The number of halogens is 2. The normalized spacial score (nSPS) is 24.2. The Kier molecular flexibility index (Phi) is 3.93. The van der Waals surface area contributed by atoms with Crippen LogP contribution >= 0.6 is 0 Å². The van der Waals surface area contributed by atoms with Crippen LogP contribution in [-0.2, 0) is 4.74 Å². The van der Waals surface area contributed by atoms with Crippen LogP contribution in [0.1, 0.15) is 48.9 Å². The highest BCUT2D eigenvalue weighted by Gasteiger charge is 2.41. The Labute approximate surface area is 122 Å². The lowest BCUT2D eigenvalue weighted by Crippen LogP contribution is -2.37. The van der Waals surface area contributed by atoms with Gasteiger partial charge in [-0.1, -0.05) is 19.3 Å². The van der Waals surface area contributed by atoms with Crippen LogP contribution in [0.15, 0.2) is 18.2 Å². The third-order valence-electron chi connectivity index (χ3n) is 4.48. The third kappa shape index (κ3) is 3.07. The first kappa shape index (κ1) is 14.4. The van der Waals surface area contributed by atoms with Crippen molar-refractivity contribution in [2.45, 2.75) is 50.2 Å². The molecule has 2 aliphatic rings. The van der Waals surface area contributed by atoms with Crippen LogP contribution < -0.4 is 5.32 Å². The summed E-state index contributed by atoms with van der Waals surface area (Å²) in [5.41, 5.74) is -0.365. The Morgan fingerprint density at radius 3 is 2.76 bits per heavy atom. The van der Waals surface area contributed by atoms with E-state index in [0.29, 0.717) is 6.61 Å². The van der Waals surface area contributed by atoms with Gasteiger partial charge in [0.05, 0.1) is 23.8 Å². The zero-order valence-electron chi connectivity index (χ0n) is 11.8. The average Bonchev–Trinajstić information content (AvgIpc) is 2.84. The van der Waals surface area contributed by atoms with Crippen molar-refractivity contribution < 1.29 is 18.3 Å². The summed E-state index contributed by atoms with van der Waals surface area (Å²) in [5, 5.41) is 2.76. The molecule has 1 amide bonds. The van der Waals surface area contributed by atoms with Gasteiger partial charge in [0.15, 0.2) is 0 Å². The van der Waals surface area contributed by atoms with E-state index in [2.05, 4.69) is 5.32 Å². The van der Waals surface area contributed by atoms with Gasteiger partial charge in [-0.15, -0.1) is 0 Å². The number of nitrogens with one attached hydrogen (secondary N) is 1. The van der Waals surface area contributed by atoms with Gasteiger partial charge in [-0.05, 0) is 37.5 Å². The molecule has 3 rings (SSSR count). The number of carbonyl (C=O) groups is 1. The van der Waals surface area contributed by atoms with Crippen molar-refractivity contribution in [3.63, 3.8) is 0 Å². The molecule has 1 saturated heterocycles. The summed E-state index contributed by atoms with van der Waals surface area (Å²) in [6.45, 7) is 0.447. The van der Waals surface area contributed by atoms with Crippen LogP contribution in [0.4, 0.5) is 8.78 Å². The van der Waals surface area contributed by atoms with Gasteiger partial charge >= 0.3 is 0 Å². The number of ether oxygens (including phenoxy) is 1. The molecule has 1 aromatic carbocycles. The van der Waals surface area contributed by atoms with E-state index < -0.39 is 17.5 Å². The highest BCUT2D eigenvalue weighted by molar-refractivity contribution is 5.94. The summed E-state index contributed by atoms with van der Waals surface area (Å²) >= 11 is 0. The van der Waals surface area contributed by atoms with E-state index in [1.807, 2.05) is 0 Å². The van der Waals surface area contributed by atoms with Gasteiger partial charge in [-0.25, -0.2) is 8.78 Å². The fourth-order valence-corrected chi connectivity index (χ4v) is 3.42. The van der Waals surface area contributed by atoms with Crippen molar-refractivity contribution >= 4 is 5.91 Å². The minimum absolute atomic E-state index is 0.114. The summed E-state index contributed by atoms with van der Waals surface area (Å²) in [5.74, 6) is -1.90. The molecule has 1 atom stereocenters. The van der Waals surface area contributed by atoms with E-state index in [0.717, 1.165) is 50.3 Å². The van der Waals surface area contributed by atoms with Gasteiger partial charge in [0.2, 0.25) is 0 Å². The zero-order chi connectivity index (χ0) is 14.9. The molecule has 2 fully saturated rings. The van der Waals surface area contributed by atoms with E-state index in [4.69, 9.17) is 4.74 Å². The maximum absolute atomic E-state index is 13.6. The molecule has 1 N–H and O–H groups in total. The lowest BCUT2D eigenvalue weighted by atomic mass is 9.82. The van der Waals surface area contributed by atoms with E-state index in [1.165, 1.54) is 6.42 Å². The first-order valence-corrected chi connectivity index (χ1v) is 7.48. The smallest absolute Gasteiger partial charge is 0.254 e. The highest BCUT2D eigenvalue weighted by atomic mass is 19.1. The largest absolute Gasteiger partial charge is 0.373 e. The molecule has 1 unspecified atom stereocenters. The van der Waals surface area contributed by atoms with Gasteiger partial charge in [-0.3, -0.25) is 4.79 Å². The fraction of sp³-hybridized carbons (Fsp3) is 0.562. The monoisotopic (exact) mass is 295 g/mol. The summed E-state index contributed by atoms with van der Waals surface area (Å²) in [6.07, 6.45) is 6.34. The van der Waals surface area contributed by atoms with Crippen molar-refractivity contribution in [2.75, 3.05) is 6.61 Å². The van der Waals surface area contributed by atoms with Crippen molar-refractivity contribution in [3.05, 3.63) is 35.4 Å². The molecule has 1 aromatic rings. The van der Waals surface area contributed by atoms with E-state index in [-0.39, 0.29) is 17.2 Å². The topological polar surface area (TPSA) is 38.3 Å². The first-order valence-electron chi connectivity index (χ1n) is 7.48. The summed E-state index contributed by atoms with van der Waals surface area (Å²) in [7, 11) is 0. The Morgan fingerprint density at radius 2 is 2.00 bits per heavy atom. The van der Waals surface area contributed by atoms with Gasteiger partial charge in [0, 0.05) is 0 Å². The van der Waals surface area contributed by atoms with Crippen LogP contribution in [-0.4, -0.2) is 24.2 Å². The average molecular weight is 295 g/mol. The van der Waals surface area contributed by atoms with Gasteiger partial charge in [0.25, 0.3) is 5.91 Å². The number of rotatable bonds is 2. The second kappa shape index (κ2) is 5.72. The first-order chi connectivity index (χ1) is 10.1. The summed E-state index contributed by atoms with van der Waals surface area (Å²) in [6, 6.07) is 2.77. The van der Waals surface area contributed by atoms with Crippen molar-refractivity contribution in [1.82, 2.24) is 5.32 Å². The van der Waals surface area contributed by atoms with Crippen LogP contribution in [0, 0.1) is 11.6 Å². The second-order valence-electron chi connectivity index (χ2n) is 6.05. The number of amides is 1. The Morgan fingerprint density at radius 1 is 1.24 bits per heavy atom. The predicted molar refractivity (Wildman–Crippen MR) is 74.0 cm³/mol. The lowest BCUT2D eigenvalue weighted by molar-refractivity contribution is -0.0246. The maximum atomic E-state index is 13.6. The molecule has 1 saturated carbocycles. The quantitative estimate of drug-likeness (QED) is 0.910.